The van der Waals surface area contributed by atoms with Gasteiger partial charge in [0, 0.05) is 0 Å². The van der Waals surface area contributed by atoms with E-state index in [1.807, 2.05) is 0 Å². The summed E-state index contributed by atoms with van der Waals surface area (Å²) >= 11 is 0. The van der Waals surface area contributed by atoms with Crippen LogP contribution in [0.25, 0.3) is 0 Å². The number of hydrogen-bond acceptors (Lipinski definition) is 0. The molecule has 0 amide bonds. The van der Waals surface area contributed by atoms with Gasteiger partial charge in [0.2, 0.25) is 0 Å². The molecule has 0 N–H and O–H groups in total. The Kier molecular flexibility index (Phi) is 3.02. The lowest BCUT2D eigenvalue weighted by Crippen LogP contribution is -2.33. The zero-order valence-electron chi connectivity index (χ0n) is 11.1. The summed E-state index contributed by atoms with van der Waals surface area (Å²) in [6.45, 7) is 4.95. The maximum absolute atomic E-state index is 2.52. The van der Waals surface area contributed by atoms with Crippen LogP contribution in [-0.4, -0.2) is 0 Å². The van der Waals surface area contributed by atoms with Crippen molar-refractivity contribution in [3.05, 3.63) is 0 Å². The predicted molar refractivity (Wildman–Crippen MR) is 69.2 cm³/mol. The van der Waals surface area contributed by atoms with Crippen LogP contribution in [0.2, 0.25) is 0 Å². The molecule has 5 unspecified atom stereocenters. The molecule has 0 heterocycles. The highest BCUT2D eigenvalue weighted by molar-refractivity contribution is 4.96. The average Bonchev–Trinajstić information content (AvgIpc) is 2.60. The Hall–Kier alpha value is 0. The monoisotopic (exact) mass is 220 g/mol. The molecule has 0 aliphatic heterocycles. The third kappa shape index (κ3) is 1.73. The summed E-state index contributed by atoms with van der Waals surface area (Å²) in [5.41, 5.74) is 0. The van der Waals surface area contributed by atoms with E-state index in [0.717, 1.165) is 35.5 Å². The van der Waals surface area contributed by atoms with Gasteiger partial charge >= 0.3 is 0 Å². The van der Waals surface area contributed by atoms with Gasteiger partial charge in [0.05, 0.1) is 0 Å². The van der Waals surface area contributed by atoms with Crippen LogP contribution in [0.15, 0.2) is 0 Å². The van der Waals surface area contributed by atoms with E-state index in [9.17, 15) is 0 Å². The van der Waals surface area contributed by atoms with Crippen molar-refractivity contribution in [2.75, 3.05) is 0 Å². The van der Waals surface area contributed by atoms with Crippen LogP contribution in [-0.2, 0) is 0 Å². The van der Waals surface area contributed by atoms with E-state index < -0.39 is 0 Å². The van der Waals surface area contributed by atoms with E-state index in [1.54, 1.807) is 32.1 Å². The molecular formula is C16H28. The normalized spacial score (nSPS) is 52.1. The molecule has 0 spiro atoms. The molecule has 3 rings (SSSR count). The topological polar surface area (TPSA) is 0 Å². The molecule has 0 aromatic rings. The van der Waals surface area contributed by atoms with Gasteiger partial charge in [0.15, 0.2) is 0 Å². The summed E-state index contributed by atoms with van der Waals surface area (Å²) in [6, 6.07) is 0. The molecule has 16 heavy (non-hydrogen) atoms. The quantitative estimate of drug-likeness (QED) is 0.590. The summed E-state index contributed by atoms with van der Waals surface area (Å²) in [6.07, 6.45) is 12.4. The smallest absolute Gasteiger partial charge is 0.0352 e. The number of rotatable bonds is 1. The lowest BCUT2D eigenvalue weighted by Gasteiger charge is -2.43. The van der Waals surface area contributed by atoms with Crippen molar-refractivity contribution in [1.82, 2.24) is 0 Å². The van der Waals surface area contributed by atoms with Crippen molar-refractivity contribution >= 4 is 0 Å². The van der Waals surface area contributed by atoms with Gasteiger partial charge in [-0.2, -0.15) is 0 Å². The molecular weight excluding hydrogens is 192 g/mol. The van der Waals surface area contributed by atoms with Gasteiger partial charge in [0.25, 0.3) is 0 Å². The van der Waals surface area contributed by atoms with E-state index in [1.165, 1.54) is 19.3 Å². The number of hydrogen-bond donors (Lipinski definition) is 0. The second kappa shape index (κ2) is 4.35. The lowest BCUT2D eigenvalue weighted by molar-refractivity contribution is 0.0750. The van der Waals surface area contributed by atoms with Crippen LogP contribution in [0.1, 0.15) is 65.2 Å². The summed E-state index contributed by atoms with van der Waals surface area (Å²) in [4.78, 5) is 0. The maximum Gasteiger partial charge on any atom is -0.0352 e. The van der Waals surface area contributed by atoms with Gasteiger partial charge in [-0.25, -0.2) is 0 Å². The van der Waals surface area contributed by atoms with E-state index in [4.69, 9.17) is 0 Å². The first-order valence-corrected chi connectivity index (χ1v) is 7.79. The van der Waals surface area contributed by atoms with Crippen molar-refractivity contribution in [3.8, 4) is 0 Å². The fourth-order valence-corrected chi connectivity index (χ4v) is 5.59. The molecule has 0 saturated heterocycles. The summed E-state index contributed by atoms with van der Waals surface area (Å²) in [7, 11) is 0. The molecule has 0 aromatic carbocycles. The lowest BCUT2D eigenvalue weighted by atomic mass is 9.63. The van der Waals surface area contributed by atoms with Gasteiger partial charge in [-0.1, -0.05) is 46.0 Å². The standard InChI is InChI=1S/C16H28/c1-3-15-11(2)8-14-9-12-6-4-5-7-13(12)10-16(14)15/h11-16H,3-10H2,1-2H3/t11?,12?,13-,14?,15?,16?/m1/s1. The Morgan fingerprint density at radius 3 is 2.25 bits per heavy atom. The Morgan fingerprint density at radius 1 is 0.875 bits per heavy atom. The molecule has 92 valence electrons. The predicted octanol–water partition coefficient (Wildman–Crippen LogP) is 4.89. The van der Waals surface area contributed by atoms with Crippen molar-refractivity contribution in [1.29, 1.82) is 0 Å². The Balaban J connectivity index is 1.73. The second-order valence-electron chi connectivity index (χ2n) is 6.99. The molecule has 3 aliphatic rings. The van der Waals surface area contributed by atoms with E-state index in [-0.39, 0.29) is 0 Å². The summed E-state index contributed by atoms with van der Waals surface area (Å²) in [5, 5.41) is 0. The first kappa shape index (κ1) is 11.1. The van der Waals surface area contributed by atoms with E-state index in [2.05, 4.69) is 13.8 Å². The van der Waals surface area contributed by atoms with Crippen molar-refractivity contribution in [2.24, 2.45) is 35.5 Å². The van der Waals surface area contributed by atoms with Crippen LogP contribution < -0.4 is 0 Å². The summed E-state index contributed by atoms with van der Waals surface area (Å²) < 4.78 is 0. The Morgan fingerprint density at radius 2 is 1.56 bits per heavy atom. The van der Waals surface area contributed by atoms with Crippen LogP contribution in [0.5, 0.6) is 0 Å². The largest absolute Gasteiger partial charge is 0.0651 e. The van der Waals surface area contributed by atoms with Crippen molar-refractivity contribution < 1.29 is 0 Å². The van der Waals surface area contributed by atoms with Gasteiger partial charge in [-0.05, 0) is 54.8 Å². The van der Waals surface area contributed by atoms with E-state index >= 15 is 0 Å². The first-order valence-electron chi connectivity index (χ1n) is 7.79. The van der Waals surface area contributed by atoms with Crippen LogP contribution in [0.4, 0.5) is 0 Å². The van der Waals surface area contributed by atoms with Crippen molar-refractivity contribution in [2.45, 2.75) is 65.2 Å². The van der Waals surface area contributed by atoms with Gasteiger partial charge in [-0.15, -0.1) is 0 Å². The van der Waals surface area contributed by atoms with Gasteiger partial charge < -0.3 is 0 Å². The van der Waals surface area contributed by atoms with E-state index in [0.29, 0.717) is 0 Å². The molecule has 6 atom stereocenters. The minimum absolute atomic E-state index is 1.03. The van der Waals surface area contributed by atoms with Crippen LogP contribution in [0.3, 0.4) is 0 Å². The first-order chi connectivity index (χ1) is 7.79. The minimum atomic E-state index is 1.03. The molecule has 3 saturated carbocycles. The molecule has 0 nitrogen and oxygen atoms in total. The zero-order valence-corrected chi connectivity index (χ0v) is 11.1. The fourth-order valence-electron chi connectivity index (χ4n) is 5.59. The molecule has 3 aliphatic carbocycles. The zero-order chi connectivity index (χ0) is 11.1. The number of fused-ring (bicyclic) bond motifs is 2. The fraction of sp³-hybridized carbons (Fsp3) is 1.00. The van der Waals surface area contributed by atoms with Crippen LogP contribution in [0, 0.1) is 35.5 Å². The Labute approximate surface area is 101 Å². The summed E-state index contributed by atoms with van der Waals surface area (Å²) in [5.74, 6) is 6.62. The third-order valence-corrected chi connectivity index (χ3v) is 6.28. The second-order valence-corrected chi connectivity index (χ2v) is 6.99. The highest BCUT2D eigenvalue weighted by atomic mass is 14.5. The van der Waals surface area contributed by atoms with Crippen LogP contribution >= 0.6 is 0 Å². The SMILES string of the molecule is CCC1C(C)CC2CC3CCCC[C@@H]3CC21. The van der Waals surface area contributed by atoms with Gasteiger partial charge in [0.1, 0.15) is 0 Å². The Bertz CT molecular complexity index is 244. The molecule has 3 fully saturated rings. The average molecular weight is 220 g/mol. The highest BCUT2D eigenvalue weighted by Gasteiger charge is 2.46. The van der Waals surface area contributed by atoms with Crippen molar-refractivity contribution in [3.63, 3.8) is 0 Å². The maximum atomic E-state index is 2.52. The highest BCUT2D eigenvalue weighted by Crippen LogP contribution is 2.55. The molecule has 0 heteroatoms. The molecule has 0 radical (unpaired) electrons. The van der Waals surface area contributed by atoms with Gasteiger partial charge in [-0.3, -0.25) is 0 Å². The molecule has 0 bridgehead atoms. The molecule has 0 aromatic heterocycles. The minimum Gasteiger partial charge on any atom is -0.0651 e. The third-order valence-electron chi connectivity index (χ3n) is 6.28.